The van der Waals surface area contributed by atoms with E-state index in [1.54, 1.807) is 12.1 Å². The average Bonchev–Trinajstić information content (AvgIpc) is 3.34. The van der Waals surface area contributed by atoms with Crippen molar-refractivity contribution in [2.75, 3.05) is 11.9 Å². The molecule has 0 fully saturated rings. The molecule has 4 aromatic rings. The number of carbonyl (C=O) groups is 3. The van der Waals surface area contributed by atoms with Crippen LogP contribution in [0.5, 0.6) is 5.75 Å². The van der Waals surface area contributed by atoms with Crippen LogP contribution in [-0.4, -0.2) is 45.6 Å². The number of aromatic nitrogens is 2. The Morgan fingerprint density at radius 1 is 0.881 bits per heavy atom. The number of rotatable bonds is 10. The second-order valence-electron chi connectivity index (χ2n) is 8.82. The Labute approximate surface area is 234 Å². The van der Waals surface area contributed by atoms with Gasteiger partial charge in [-0.3, -0.25) is 19.1 Å². The molecule has 42 heavy (non-hydrogen) atoms. The molecule has 14 heteroatoms. The molecule has 3 N–H and O–H groups in total. The van der Waals surface area contributed by atoms with E-state index in [0.29, 0.717) is 5.56 Å². The number of carboxylic acid groups (broad SMARTS) is 1. The second-order valence-corrected chi connectivity index (χ2v) is 8.82. The van der Waals surface area contributed by atoms with Crippen molar-refractivity contribution in [3.8, 4) is 17.0 Å². The van der Waals surface area contributed by atoms with Crippen molar-refractivity contribution in [1.82, 2.24) is 15.1 Å². The van der Waals surface area contributed by atoms with Crippen molar-refractivity contribution >= 4 is 23.5 Å². The van der Waals surface area contributed by atoms with Gasteiger partial charge in [-0.25, -0.2) is 8.78 Å². The summed E-state index contributed by atoms with van der Waals surface area (Å²) in [6, 6.07) is 15.1. The molecule has 4 rings (SSSR count). The number of ether oxygens (including phenoxy) is 1. The van der Waals surface area contributed by atoms with E-state index in [4.69, 9.17) is 5.11 Å². The fraction of sp³-hybridized carbons (Fsp3) is 0.143. The van der Waals surface area contributed by atoms with Crippen LogP contribution < -0.4 is 15.4 Å². The van der Waals surface area contributed by atoms with Gasteiger partial charge in [0.2, 0.25) is 0 Å². The molecule has 0 bridgehead atoms. The van der Waals surface area contributed by atoms with Gasteiger partial charge < -0.3 is 20.5 Å². The molecule has 0 unspecified atom stereocenters. The third-order valence-electron chi connectivity index (χ3n) is 5.75. The van der Waals surface area contributed by atoms with E-state index < -0.39 is 41.5 Å². The second kappa shape index (κ2) is 12.5. The Hall–Kier alpha value is -5.27. The fourth-order valence-corrected chi connectivity index (χ4v) is 3.77. The SMILES string of the molecule is O=C(O)CCNC(=O)c1ccc(Cn2nc(-c3ccc(F)c(F)c3)cc2C(=O)Nc2ccc(OC(F)(F)F)cc2)cc1. The highest BCUT2D eigenvalue weighted by Gasteiger charge is 2.31. The van der Waals surface area contributed by atoms with E-state index >= 15 is 0 Å². The number of alkyl halides is 3. The molecule has 0 aliphatic carbocycles. The number of nitrogens with zero attached hydrogens (tertiary/aromatic N) is 2. The number of benzene rings is 3. The predicted molar refractivity (Wildman–Crippen MR) is 139 cm³/mol. The highest BCUT2D eigenvalue weighted by atomic mass is 19.4. The first-order valence-electron chi connectivity index (χ1n) is 12.2. The van der Waals surface area contributed by atoms with Gasteiger partial charge in [0.05, 0.1) is 18.7 Å². The van der Waals surface area contributed by atoms with Gasteiger partial charge in [0, 0.05) is 23.4 Å². The van der Waals surface area contributed by atoms with E-state index in [1.165, 1.54) is 41.1 Å². The zero-order chi connectivity index (χ0) is 30.4. The van der Waals surface area contributed by atoms with Crippen LogP contribution >= 0.6 is 0 Å². The van der Waals surface area contributed by atoms with Crippen molar-refractivity contribution in [2.24, 2.45) is 0 Å². The van der Waals surface area contributed by atoms with E-state index in [-0.39, 0.29) is 47.7 Å². The fourth-order valence-electron chi connectivity index (χ4n) is 3.77. The molecule has 218 valence electrons. The smallest absolute Gasteiger partial charge is 0.481 e. The van der Waals surface area contributed by atoms with Gasteiger partial charge in [-0.15, -0.1) is 13.2 Å². The molecule has 1 aromatic heterocycles. The number of carboxylic acids is 1. The van der Waals surface area contributed by atoms with Crippen molar-refractivity contribution in [3.05, 3.63) is 101 Å². The number of amides is 2. The van der Waals surface area contributed by atoms with Crippen molar-refractivity contribution < 1.29 is 46.2 Å². The minimum Gasteiger partial charge on any atom is -0.481 e. The highest BCUT2D eigenvalue weighted by molar-refractivity contribution is 6.03. The lowest BCUT2D eigenvalue weighted by molar-refractivity contribution is -0.274. The van der Waals surface area contributed by atoms with Crippen LogP contribution in [-0.2, 0) is 11.3 Å². The van der Waals surface area contributed by atoms with Crippen molar-refractivity contribution in [3.63, 3.8) is 0 Å². The van der Waals surface area contributed by atoms with Gasteiger partial charge in [-0.2, -0.15) is 5.10 Å². The Morgan fingerprint density at radius 2 is 1.57 bits per heavy atom. The zero-order valence-electron chi connectivity index (χ0n) is 21.4. The molecule has 2 amide bonds. The largest absolute Gasteiger partial charge is 0.573 e. The summed E-state index contributed by atoms with van der Waals surface area (Å²) < 4.78 is 69.8. The third kappa shape index (κ3) is 7.90. The van der Waals surface area contributed by atoms with E-state index in [9.17, 15) is 36.3 Å². The lowest BCUT2D eigenvalue weighted by Crippen LogP contribution is -2.26. The van der Waals surface area contributed by atoms with Gasteiger partial charge in [0.1, 0.15) is 11.4 Å². The molecule has 0 radical (unpaired) electrons. The number of halogens is 5. The molecular formula is C28H21F5N4O5. The van der Waals surface area contributed by atoms with Crippen LogP contribution in [0.15, 0.2) is 72.8 Å². The lowest BCUT2D eigenvalue weighted by Gasteiger charge is -2.11. The summed E-state index contributed by atoms with van der Waals surface area (Å²) in [7, 11) is 0. The number of anilines is 1. The first kappa shape index (κ1) is 29.7. The van der Waals surface area contributed by atoms with Crippen LogP contribution in [0, 0.1) is 11.6 Å². The molecular weight excluding hydrogens is 567 g/mol. The van der Waals surface area contributed by atoms with Crippen LogP contribution in [0.25, 0.3) is 11.3 Å². The molecule has 0 spiro atoms. The summed E-state index contributed by atoms with van der Waals surface area (Å²) >= 11 is 0. The monoisotopic (exact) mass is 588 g/mol. The number of hydrogen-bond acceptors (Lipinski definition) is 5. The highest BCUT2D eigenvalue weighted by Crippen LogP contribution is 2.26. The number of aliphatic carboxylic acids is 1. The zero-order valence-corrected chi connectivity index (χ0v) is 21.4. The van der Waals surface area contributed by atoms with Gasteiger partial charge >= 0.3 is 12.3 Å². The summed E-state index contributed by atoms with van der Waals surface area (Å²) in [6.07, 6.45) is -5.12. The molecule has 0 saturated carbocycles. The topological polar surface area (TPSA) is 123 Å². The molecule has 0 aliphatic heterocycles. The van der Waals surface area contributed by atoms with Crippen LogP contribution in [0.4, 0.5) is 27.6 Å². The van der Waals surface area contributed by atoms with E-state index in [1.807, 2.05) is 0 Å². The first-order valence-corrected chi connectivity index (χ1v) is 12.2. The van der Waals surface area contributed by atoms with Crippen LogP contribution in [0.1, 0.15) is 32.8 Å². The van der Waals surface area contributed by atoms with Gasteiger partial charge in [0.15, 0.2) is 11.6 Å². The van der Waals surface area contributed by atoms with Gasteiger partial charge in [0.25, 0.3) is 11.8 Å². The van der Waals surface area contributed by atoms with Gasteiger partial charge in [-0.1, -0.05) is 12.1 Å². The number of carbonyl (C=O) groups excluding carboxylic acids is 2. The Bertz CT molecular complexity index is 1600. The molecule has 3 aromatic carbocycles. The van der Waals surface area contributed by atoms with Crippen molar-refractivity contribution in [2.45, 2.75) is 19.3 Å². The predicted octanol–water partition coefficient (Wildman–Crippen LogP) is 5.23. The van der Waals surface area contributed by atoms with Crippen LogP contribution in [0.3, 0.4) is 0 Å². The first-order chi connectivity index (χ1) is 19.9. The van der Waals surface area contributed by atoms with Crippen molar-refractivity contribution in [1.29, 1.82) is 0 Å². The molecule has 9 nitrogen and oxygen atoms in total. The molecule has 1 heterocycles. The van der Waals surface area contributed by atoms with E-state index in [2.05, 4.69) is 20.5 Å². The molecule has 0 saturated heterocycles. The summed E-state index contributed by atoms with van der Waals surface area (Å²) in [5.41, 5.74) is 1.32. The maximum atomic E-state index is 13.9. The summed E-state index contributed by atoms with van der Waals surface area (Å²) in [4.78, 5) is 36.0. The molecule has 0 atom stereocenters. The summed E-state index contributed by atoms with van der Waals surface area (Å²) in [6.45, 7) is -0.0434. The quantitative estimate of drug-likeness (QED) is 0.218. The minimum atomic E-state index is -4.88. The Kier molecular flexibility index (Phi) is 8.84. The maximum Gasteiger partial charge on any atom is 0.573 e. The number of nitrogens with one attached hydrogen (secondary N) is 2. The lowest BCUT2D eigenvalue weighted by atomic mass is 10.1. The number of hydrogen-bond donors (Lipinski definition) is 3. The Balaban J connectivity index is 1.57. The molecule has 0 aliphatic rings. The average molecular weight is 588 g/mol. The Morgan fingerprint density at radius 3 is 2.19 bits per heavy atom. The third-order valence-corrected chi connectivity index (χ3v) is 5.75. The minimum absolute atomic E-state index is 0.00566. The standard InChI is InChI=1S/C28H21F5N4O5/c29-21-10-5-18(13-22(21)30)23-14-24(27(41)35-19-6-8-20(9-7-19)42-28(31,32)33)37(36-23)15-16-1-3-17(4-2-16)26(40)34-12-11-25(38)39/h1-10,13-14H,11-12,15H2,(H,34,40)(H,35,41)(H,38,39). The maximum absolute atomic E-state index is 13.9. The van der Waals surface area contributed by atoms with E-state index in [0.717, 1.165) is 24.3 Å². The summed E-state index contributed by atoms with van der Waals surface area (Å²) in [5, 5.41) is 18.1. The summed E-state index contributed by atoms with van der Waals surface area (Å²) in [5.74, 6) is -4.90. The normalized spacial score (nSPS) is 11.2. The van der Waals surface area contributed by atoms with Gasteiger partial charge in [-0.05, 0) is 66.2 Å². The van der Waals surface area contributed by atoms with Crippen LogP contribution in [0.2, 0.25) is 0 Å².